The minimum absolute atomic E-state index is 0.0259. The zero-order valence-electron chi connectivity index (χ0n) is 13.1. The molecular weight excluding hydrogens is 314 g/mol. The van der Waals surface area contributed by atoms with E-state index in [0.29, 0.717) is 26.2 Å². The topological polar surface area (TPSA) is 72.3 Å². The number of hydrogen-bond acceptors (Lipinski definition) is 6. The lowest BCUT2D eigenvalue weighted by molar-refractivity contribution is -0.129. The molecule has 0 radical (unpaired) electrons. The summed E-state index contributed by atoms with van der Waals surface area (Å²) < 4.78 is 7.53. The summed E-state index contributed by atoms with van der Waals surface area (Å²) in [5.41, 5.74) is 0. The van der Waals surface area contributed by atoms with Gasteiger partial charge in [0.15, 0.2) is 0 Å². The van der Waals surface area contributed by atoms with Crippen LogP contribution in [-0.2, 0) is 22.6 Å². The van der Waals surface area contributed by atoms with E-state index in [9.17, 15) is 4.79 Å². The van der Waals surface area contributed by atoms with Gasteiger partial charge in [-0.1, -0.05) is 6.07 Å². The molecule has 124 valence electrons. The highest BCUT2D eigenvalue weighted by Crippen LogP contribution is 2.12. The fourth-order valence-corrected chi connectivity index (χ4v) is 3.29. The minimum Gasteiger partial charge on any atom is -0.374 e. The van der Waals surface area contributed by atoms with E-state index >= 15 is 0 Å². The number of carbonyl (C=O) groups excluding carboxylic acids is 1. The summed E-state index contributed by atoms with van der Waals surface area (Å²) in [7, 11) is 0. The first-order valence-electron chi connectivity index (χ1n) is 7.70. The average molecular weight is 335 g/mol. The number of aromatic nitrogens is 3. The summed E-state index contributed by atoms with van der Waals surface area (Å²) in [6.07, 6.45) is 3.22. The van der Waals surface area contributed by atoms with Crippen molar-refractivity contribution in [1.82, 2.24) is 25.0 Å². The van der Waals surface area contributed by atoms with Gasteiger partial charge in [-0.25, -0.2) is 4.98 Å². The summed E-state index contributed by atoms with van der Waals surface area (Å²) in [4.78, 5) is 19.6. The van der Waals surface area contributed by atoms with Gasteiger partial charge in [0.1, 0.15) is 12.7 Å². The van der Waals surface area contributed by atoms with Crippen LogP contribution < -0.4 is 5.32 Å². The lowest BCUT2D eigenvalue weighted by atomic mass is 10.2. The predicted molar refractivity (Wildman–Crippen MR) is 87.0 cm³/mol. The summed E-state index contributed by atoms with van der Waals surface area (Å²) >= 11 is 1.65. The molecule has 2 aromatic heterocycles. The third-order valence-corrected chi connectivity index (χ3v) is 4.85. The molecule has 1 aliphatic heterocycles. The van der Waals surface area contributed by atoms with Gasteiger partial charge in [0.25, 0.3) is 0 Å². The van der Waals surface area contributed by atoms with E-state index in [2.05, 4.69) is 20.3 Å². The number of thiophene rings is 1. The Balaban J connectivity index is 1.49. The van der Waals surface area contributed by atoms with E-state index in [4.69, 9.17) is 4.74 Å². The number of carbonyl (C=O) groups is 1. The van der Waals surface area contributed by atoms with Crippen molar-refractivity contribution in [2.24, 2.45) is 0 Å². The molecule has 3 rings (SSSR count). The van der Waals surface area contributed by atoms with E-state index in [1.165, 1.54) is 6.33 Å². The highest BCUT2D eigenvalue weighted by atomic mass is 32.1. The summed E-state index contributed by atoms with van der Waals surface area (Å²) in [6.45, 7) is 5.30. The minimum atomic E-state index is -0.169. The molecule has 0 aliphatic carbocycles. The van der Waals surface area contributed by atoms with Crippen molar-refractivity contribution >= 4 is 17.2 Å². The monoisotopic (exact) mass is 335 g/mol. The molecule has 1 saturated heterocycles. The zero-order valence-corrected chi connectivity index (χ0v) is 13.9. The van der Waals surface area contributed by atoms with Crippen LogP contribution in [0.15, 0.2) is 30.2 Å². The molecule has 0 aromatic carbocycles. The van der Waals surface area contributed by atoms with Crippen LogP contribution in [0.4, 0.5) is 0 Å². The Morgan fingerprint density at radius 3 is 3.26 bits per heavy atom. The molecule has 1 aliphatic rings. The van der Waals surface area contributed by atoms with Crippen molar-refractivity contribution in [2.75, 3.05) is 19.7 Å². The third kappa shape index (κ3) is 4.37. The Kier molecular flexibility index (Phi) is 5.37. The first kappa shape index (κ1) is 16.1. The zero-order chi connectivity index (χ0) is 16.1. The van der Waals surface area contributed by atoms with Gasteiger partial charge in [-0.05, 0) is 18.4 Å². The first-order valence-corrected chi connectivity index (χ1v) is 8.58. The van der Waals surface area contributed by atoms with E-state index in [1.54, 1.807) is 22.3 Å². The summed E-state index contributed by atoms with van der Waals surface area (Å²) in [5, 5.41) is 9.12. The van der Waals surface area contributed by atoms with Crippen molar-refractivity contribution in [1.29, 1.82) is 0 Å². The number of nitrogens with one attached hydrogen (secondary N) is 1. The van der Waals surface area contributed by atoms with E-state index in [0.717, 1.165) is 11.4 Å². The Morgan fingerprint density at radius 2 is 2.52 bits per heavy atom. The van der Waals surface area contributed by atoms with Crippen LogP contribution in [0, 0.1) is 0 Å². The molecule has 8 heteroatoms. The van der Waals surface area contributed by atoms with Crippen LogP contribution in [0.1, 0.15) is 11.8 Å². The van der Waals surface area contributed by atoms with Gasteiger partial charge < -0.3 is 10.1 Å². The molecule has 1 fully saturated rings. The SMILES string of the molecule is C[C@@H](C(=O)NCc1cccs1)N1CCO[C@@H](Cn2cncn2)C1. The molecule has 7 nitrogen and oxygen atoms in total. The van der Waals surface area contributed by atoms with Gasteiger partial charge >= 0.3 is 0 Å². The molecule has 23 heavy (non-hydrogen) atoms. The predicted octanol–water partition coefficient (Wildman–Crippen LogP) is 0.745. The van der Waals surface area contributed by atoms with Gasteiger partial charge in [0.2, 0.25) is 5.91 Å². The quantitative estimate of drug-likeness (QED) is 0.843. The lowest BCUT2D eigenvalue weighted by Gasteiger charge is -2.36. The maximum Gasteiger partial charge on any atom is 0.237 e. The number of amides is 1. The van der Waals surface area contributed by atoms with Crippen molar-refractivity contribution in [2.45, 2.75) is 32.2 Å². The molecule has 3 heterocycles. The largest absolute Gasteiger partial charge is 0.374 e. The molecule has 0 unspecified atom stereocenters. The Hall–Kier alpha value is -1.77. The summed E-state index contributed by atoms with van der Waals surface area (Å²) in [6, 6.07) is 3.85. The van der Waals surface area contributed by atoms with Crippen LogP contribution in [0.5, 0.6) is 0 Å². The Labute approximate surface area is 139 Å². The Morgan fingerprint density at radius 1 is 1.61 bits per heavy atom. The van der Waals surface area contributed by atoms with Gasteiger partial charge in [-0.2, -0.15) is 5.10 Å². The molecule has 1 amide bonds. The van der Waals surface area contributed by atoms with Crippen molar-refractivity contribution < 1.29 is 9.53 Å². The summed E-state index contributed by atoms with van der Waals surface area (Å²) in [5.74, 6) is 0.0554. The molecule has 1 N–H and O–H groups in total. The molecule has 2 aromatic rings. The van der Waals surface area contributed by atoms with Crippen LogP contribution in [0.3, 0.4) is 0 Å². The van der Waals surface area contributed by atoms with E-state index in [-0.39, 0.29) is 18.1 Å². The number of rotatable bonds is 6. The third-order valence-electron chi connectivity index (χ3n) is 3.97. The van der Waals surface area contributed by atoms with Gasteiger partial charge in [-0.15, -0.1) is 11.3 Å². The van der Waals surface area contributed by atoms with Crippen LogP contribution >= 0.6 is 11.3 Å². The van der Waals surface area contributed by atoms with E-state index < -0.39 is 0 Å². The fourth-order valence-electron chi connectivity index (χ4n) is 2.64. The average Bonchev–Trinajstić information content (AvgIpc) is 3.25. The highest BCUT2D eigenvalue weighted by Gasteiger charge is 2.28. The maximum absolute atomic E-state index is 12.3. The normalized spacial score (nSPS) is 20.3. The molecular formula is C15H21N5O2S. The smallest absolute Gasteiger partial charge is 0.237 e. The molecule has 0 bridgehead atoms. The van der Waals surface area contributed by atoms with Crippen molar-refractivity contribution in [3.8, 4) is 0 Å². The highest BCUT2D eigenvalue weighted by molar-refractivity contribution is 7.09. The second-order valence-corrected chi connectivity index (χ2v) is 6.61. The van der Waals surface area contributed by atoms with Gasteiger partial charge in [0, 0.05) is 18.0 Å². The van der Waals surface area contributed by atoms with Crippen molar-refractivity contribution in [3.63, 3.8) is 0 Å². The molecule has 0 spiro atoms. The van der Waals surface area contributed by atoms with Gasteiger partial charge in [0.05, 0.1) is 31.8 Å². The first-order chi connectivity index (χ1) is 11.2. The van der Waals surface area contributed by atoms with Crippen LogP contribution in [0.25, 0.3) is 0 Å². The van der Waals surface area contributed by atoms with Crippen molar-refractivity contribution in [3.05, 3.63) is 35.0 Å². The van der Waals surface area contributed by atoms with Crippen LogP contribution in [0.2, 0.25) is 0 Å². The number of hydrogen-bond donors (Lipinski definition) is 1. The fraction of sp³-hybridized carbons (Fsp3) is 0.533. The number of ether oxygens (including phenoxy) is 1. The van der Waals surface area contributed by atoms with Gasteiger partial charge in [-0.3, -0.25) is 14.4 Å². The molecule has 0 saturated carbocycles. The molecule has 2 atom stereocenters. The second kappa shape index (κ2) is 7.67. The van der Waals surface area contributed by atoms with Crippen LogP contribution in [-0.4, -0.2) is 57.4 Å². The maximum atomic E-state index is 12.3. The Bertz CT molecular complexity index is 601. The standard InChI is InChI=1S/C15H21N5O2S/c1-12(15(21)17-7-14-3-2-6-23-14)19-4-5-22-13(8-19)9-20-11-16-10-18-20/h2-3,6,10-13H,4-5,7-9H2,1H3,(H,17,21)/t12-,13+/m0/s1. The second-order valence-electron chi connectivity index (χ2n) is 5.58. The number of nitrogens with zero attached hydrogens (tertiary/aromatic N) is 4. The lowest BCUT2D eigenvalue weighted by Crippen LogP contribution is -2.52. The number of morpholine rings is 1. The van der Waals surface area contributed by atoms with E-state index in [1.807, 2.05) is 24.4 Å².